The van der Waals surface area contributed by atoms with Crippen LogP contribution in [0.4, 0.5) is 0 Å². The fraction of sp³-hybridized carbons (Fsp3) is 0.833. The zero-order chi connectivity index (χ0) is 14.9. The van der Waals surface area contributed by atoms with Gasteiger partial charge in [-0.25, -0.2) is 0 Å². The van der Waals surface area contributed by atoms with E-state index in [1.165, 1.54) is 70.6 Å². The van der Waals surface area contributed by atoms with Crippen molar-refractivity contribution in [1.29, 1.82) is 0 Å². The van der Waals surface area contributed by atoms with Crippen LogP contribution in [0.25, 0.3) is 0 Å². The van der Waals surface area contributed by atoms with E-state index in [1.54, 1.807) is 0 Å². The van der Waals surface area contributed by atoms with Crippen LogP contribution in [0, 0.1) is 0 Å². The van der Waals surface area contributed by atoms with Gasteiger partial charge in [-0.2, -0.15) is 0 Å². The first kappa shape index (κ1) is 24.3. The van der Waals surface area contributed by atoms with Gasteiger partial charge in [0.2, 0.25) is 0 Å². The summed E-state index contributed by atoms with van der Waals surface area (Å²) >= 11 is 0. The molecular formula is C18H35O2Rb. The minimum atomic E-state index is -0.664. The SMILES string of the molecule is CCCCCCCC/C=C\CCCCCCCC(=O)O.[RbH]. The summed E-state index contributed by atoms with van der Waals surface area (Å²) < 4.78 is 0. The van der Waals surface area contributed by atoms with E-state index in [9.17, 15) is 4.79 Å². The second-order valence-electron chi connectivity index (χ2n) is 5.73. The summed E-state index contributed by atoms with van der Waals surface area (Å²) in [6.45, 7) is 2.26. The number of carbonyl (C=O) groups is 1. The van der Waals surface area contributed by atoms with Crippen LogP contribution in [0.15, 0.2) is 12.2 Å². The number of hydrogen-bond acceptors (Lipinski definition) is 1. The minimum absolute atomic E-state index is 0. The number of unbranched alkanes of at least 4 members (excludes halogenated alkanes) is 11. The van der Waals surface area contributed by atoms with Crippen molar-refractivity contribution in [1.82, 2.24) is 0 Å². The molecular weight excluding hydrogens is 334 g/mol. The molecule has 0 spiro atoms. The number of allylic oxidation sites excluding steroid dienone is 2. The second kappa shape index (κ2) is 21.0. The monoisotopic (exact) mass is 368 g/mol. The van der Waals surface area contributed by atoms with Crippen molar-refractivity contribution < 1.29 is 9.90 Å². The molecule has 1 N–H and O–H groups in total. The number of carboxylic acids is 1. The van der Waals surface area contributed by atoms with Crippen LogP contribution < -0.4 is 0 Å². The molecule has 0 unspecified atom stereocenters. The van der Waals surface area contributed by atoms with E-state index in [0.29, 0.717) is 6.42 Å². The number of hydrogen-bond donors (Lipinski definition) is 1. The molecule has 3 heteroatoms. The summed E-state index contributed by atoms with van der Waals surface area (Å²) in [6, 6.07) is 0. The molecule has 0 radical (unpaired) electrons. The Bertz CT molecular complexity index is 239. The van der Waals surface area contributed by atoms with Crippen molar-refractivity contribution >= 4 is 64.2 Å². The molecule has 0 aromatic rings. The number of rotatable bonds is 15. The Morgan fingerprint density at radius 3 is 1.67 bits per heavy atom. The third-order valence-corrected chi connectivity index (χ3v) is 3.65. The Morgan fingerprint density at radius 2 is 1.19 bits per heavy atom. The van der Waals surface area contributed by atoms with E-state index in [0.717, 1.165) is 12.8 Å². The Morgan fingerprint density at radius 1 is 0.762 bits per heavy atom. The number of aliphatic carboxylic acids is 1. The van der Waals surface area contributed by atoms with E-state index in [1.807, 2.05) is 0 Å². The molecule has 0 saturated heterocycles. The van der Waals surface area contributed by atoms with Gasteiger partial charge in [0, 0.05) is 6.42 Å². The van der Waals surface area contributed by atoms with E-state index in [-0.39, 0.29) is 58.2 Å². The van der Waals surface area contributed by atoms with Gasteiger partial charge in [-0.15, -0.1) is 0 Å². The van der Waals surface area contributed by atoms with Gasteiger partial charge < -0.3 is 5.11 Å². The van der Waals surface area contributed by atoms with Crippen molar-refractivity contribution in [2.45, 2.75) is 96.8 Å². The third kappa shape index (κ3) is 23.4. The first-order valence-corrected chi connectivity index (χ1v) is 8.64. The molecule has 0 aliphatic heterocycles. The fourth-order valence-corrected chi connectivity index (χ4v) is 2.35. The van der Waals surface area contributed by atoms with Gasteiger partial charge in [0.15, 0.2) is 0 Å². The molecule has 0 aliphatic carbocycles. The average Bonchev–Trinajstić information content (AvgIpc) is 2.43. The second-order valence-corrected chi connectivity index (χ2v) is 5.73. The Kier molecular flexibility index (Phi) is 24.3. The van der Waals surface area contributed by atoms with Gasteiger partial charge in [-0.3, -0.25) is 4.79 Å². The fourth-order valence-electron chi connectivity index (χ4n) is 2.35. The van der Waals surface area contributed by atoms with Gasteiger partial charge in [0.05, 0.1) is 0 Å². The van der Waals surface area contributed by atoms with Crippen LogP contribution in [0.3, 0.4) is 0 Å². The molecule has 0 fully saturated rings. The van der Waals surface area contributed by atoms with Gasteiger partial charge in [-0.1, -0.05) is 70.4 Å². The predicted octanol–water partition coefficient (Wildman–Crippen LogP) is 5.46. The van der Waals surface area contributed by atoms with Crippen LogP contribution in [-0.4, -0.2) is 69.3 Å². The van der Waals surface area contributed by atoms with Crippen LogP contribution >= 0.6 is 0 Å². The molecule has 0 aliphatic rings. The third-order valence-electron chi connectivity index (χ3n) is 3.65. The first-order chi connectivity index (χ1) is 9.77. The van der Waals surface area contributed by atoms with Crippen molar-refractivity contribution in [3.05, 3.63) is 12.2 Å². The molecule has 21 heavy (non-hydrogen) atoms. The summed E-state index contributed by atoms with van der Waals surface area (Å²) in [5.74, 6) is -0.664. The molecule has 0 bridgehead atoms. The summed E-state index contributed by atoms with van der Waals surface area (Å²) in [6.07, 6.45) is 21.2. The quantitative estimate of drug-likeness (QED) is 0.308. The van der Waals surface area contributed by atoms with Gasteiger partial charge in [-0.05, 0) is 32.1 Å². The maximum absolute atomic E-state index is 10.3. The summed E-state index contributed by atoms with van der Waals surface area (Å²) in [5.41, 5.74) is 0. The molecule has 0 atom stereocenters. The molecule has 0 aromatic heterocycles. The topological polar surface area (TPSA) is 37.3 Å². The summed E-state index contributed by atoms with van der Waals surface area (Å²) in [5, 5.41) is 8.51. The normalized spacial score (nSPS) is 10.7. The van der Waals surface area contributed by atoms with Crippen LogP contribution in [-0.2, 0) is 4.79 Å². The Labute approximate surface area is 181 Å². The summed E-state index contributed by atoms with van der Waals surface area (Å²) in [7, 11) is 0. The van der Waals surface area contributed by atoms with Crippen molar-refractivity contribution in [2.24, 2.45) is 0 Å². The van der Waals surface area contributed by atoms with E-state index in [4.69, 9.17) is 5.11 Å². The van der Waals surface area contributed by atoms with Gasteiger partial charge >= 0.3 is 64.2 Å². The Balaban J connectivity index is 0. The first-order valence-electron chi connectivity index (χ1n) is 8.64. The van der Waals surface area contributed by atoms with Gasteiger partial charge in [0.1, 0.15) is 0 Å². The zero-order valence-corrected chi connectivity index (χ0v) is 13.4. The Hall–Kier alpha value is 1.02. The predicted molar refractivity (Wildman–Crippen MR) is 94.2 cm³/mol. The molecule has 0 rings (SSSR count). The van der Waals surface area contributed by atoms with Gasteiger partial charge in [0.25, 0.3) is 0 Å². The van der Waals surface area contributed by atoms with Crippen molar-refractivity contribution in [3.8, 4) is 0 Å². The van der Waals surface area contributed by atoms with E-state index >= 15 is 0 Å². The van der Waals surface area contributed by atoms with E-state index in [2.05, 4.69) is 19.1 Å². The van der Waals surface area contributed by atoms with Crippen LogP contribution in [0.5, 0.6) is 0 Å². The van der Waals surface area contributed by atoms with Crippen molar-refractivity contribution in [3.63, 3.8) is 0 Å². The molecule has 2 nitrogen and oxygen atoms in total. The summed E-state index contributed by atoms with van der Waals surface area (Å²) in [4.78, 5) is 10.3. The molecule has 0 saturated carbocycles. The van der Waals surface area contributed by atoms with Crippen LogP contribution in [0.2, 0.25) is 0 Å². The maximum atomic E-state index is 10.3. The molecule has 0 heterocycles. The molecule has 0 amide bonds. The molecule has 120 valence electrons. The molecule has 0 aromatic carbocycles. The van der Waals surface area contributed by atoms with E-state index < -0.39 is 5.97 Å². The van der Waals surface area contributed by atoms with Crippen molar-refractivity contribution in [2.75, 3.05) is 0 Å². The number of carboxylic acid groups (broad SMARTS) is 1. The standard InChI is InChI=1S/C18H34O2.Rb.H/c1-2-3-4-5-6-7-8-9-10-11-12-13-14-15-16-17-18(19)20;;/h9-10H,2-8,11-17H2,1H3,(H,19,20);;/b10-9-;;. The van der Waals surface area contributed by atoms with Crippen LogP contribution in [0.1, 0.15) is 96.8 Å². The zero-order valence-electron chi connectivity index (χ0n) is 13.4. The average molecular weight is 369 g/mol.